The lowest BCUT2D eigenvalue weighted by molar-refractivity contribution is -0.138. The van der Waals surface area contributed by atoms with Gasteiger partial charge in [-0.05, 0) is 6.92 Å². The summed E-state index contributed by atoms with van der Waals surface area (Å²) in [7, 11) is 0. The Labute approximate surface area is 99.1 Å². The highest BCUT2D eigenvalue weighted by Crippen LogP contribution is 2.12. The number of carbonyl (C=O) groups excluding carboxylic acids is 1. The van der Waals surface area contributed by atoms with E-state index in [4.69, 9.17) is 0 Å². The summed E-state index contributed by atoms with van der Waals surface area (Å²) in [5.74, 6) is -0.722. The van der Waals surface area contributed by atoms with Gasteiger partial charge in [0.05, 0.1) is 0 Å². The van der Waals surface area contributed by atoms with Crippen molar-refractivity contribution in [1.29, 1.82) is 0 Å². The first-order valence-electron chi connectivity index (χ1n) is 4.78. The number of nitrogens with zero attached hydrogens (tertiary/aromatic N) is 1. The van der Waals surface area contributed by atoms with Crippen molar-refractivity contribution in [3.63, 3.8) is 0 Å². The molecule has 0 aliphatic carbocycles. The van der Waals surface area contributed by atoms with Crippen molar-refractivity contribution in [2.45, 2.75) is 26.1 Å². The molecule has 0 atom stereocenters. The Morgan fingerprint density at radius 1 is 1.53 bits per heavy atom. The van der Waals surface area contributed by atoms with E-state index in [2.05, 4.69) is 0 Å². The molecule has 1 aromatic heterocycles. The minimum Gasteiger partial charge on any atom is -0.347 e. The van der Waals surface area contributed by atoms with Gasteiger partial charge in [-0.15, -0.1) is 0 Å². The second-order valence-electron chi connectivity index (χ2n) is 3.44. The van der Waals surface area contributed by atoms with Gasteiger partial charge in [-0.1, -0.05) is 11.3 Å². The number of aromatic nitrogens is 1. The average Bonchev–Trinajstić information content (AvgIpc) is 2.52. The normalized spacial score (nSPS) is 11.5. The number of halogens is 3. The van der Waals surface area contributed by atoms with Crippen LogP contribution in [0.4, 0.5) is 13.2 Å². The van der Waals surface area contributed by atoms with Crippen LogP contribution in [0.25, 0.3) is 0 Å². The van der Waals surface area contributed by atoms with E-state index in [0.29, 0.717) is 5.69 Å². The van der Waals surface area contributed by atoms with Gasteiger partial charge < -0.3 is 9.88 Å². The molecular formula is C9H11F3N2O2S. The first-order chi connectivity index (χ1) is 7.79. The smallest absolute Gasteiger partial charge is 0.347 e. The van der Waals surface area contributed by atoms with Crippen molar-refractivity contribution in [2.75, 3.05) is 6.54 Å². The first-order valence-corrected chi connectivity index (χ1v) is 5.66. The summed E-state index contributed by atoms with van der Waals surface area (Å²) in [6.07, 6.45) is -4.56. The summed E-state index contributed by atoms with van der Waals surface area (Å²) >= 11 is 0.996. The van der Waals surface area contributed by atoms with Crippen molar-refractivity contribution < 1.29 is 18.0 Å². The molecule has 0 saturated carbocycles. The zero-order valence-corrected chi connectivity index (χ0v) is 9.82. The van der Waals surface area contributed by atoms with Gasteiger partial charge in [0.25, 0.3) is 0 Å². The Hall–Kier alpha value is -1.31. The lowest BCUT2D eigenvalue weighted by Crippen LogP contribution is -2.34. The molecule has 0 saturated heterocycles. The van der Waals surface area contributed by atoms with Crippen LogP contribution in [-0.2, 0) is 11.3 Å². The quantitative estimate of drug-likeness (QED) is 0.894. The van der Waals surface area contributed by atoms with Gasteiger partial charge in [0.15, 0.2) is 0 Å². The summed E-state index contributed by atoms with van der Waals surface area (Å²) in [6, 6.07) is 0. The van der Waals surface area contributed by atoms with Crippen LogP contribution in [-0.4, -0.2) is 23.2 Å². The lowest BCUT2D eigenvalue weighted by Gasteiger charge is -2.08. The van der Waals surface area contributed by atoms with E-state index in [1.807, 2.05) is 0 Å². The molecule has 0 fully saturated rings. The van der Waals surface area contributed by atoms with Crippen LogP contribution in [0.1, 0.15) is 12.1 Å². The minimum atomic E-state index is -4.41. The number of hydrogen-bond donors (Lipinski definition) is 1. The zero-order valence-electron chi connectivity index (χ0n) is 9.00. The Kier molecular flexibility index (Phi) is 4.33. The lowest BCUT2D eigenvalue weighted by atomic mass is 10.3. The number of carbonyl (C=O) groups is 1. The van der Waals surface area contributed by atoms with Crippen molar-refractivity contribution >= 4 is 17.2 Å². The van der Waals surface area contributed by atoms with Crippen LogP contribution < -0.4 is 10.2 Å². The molecule has 4 nitrogen and oxygen atoms in total. The summed E-state index contributed by atoms with van der Waals surface area (Å²) in [4.78, 5) is 22.1. The van der Waals surface area contributed by atoms with Crippen molar-refractivity contribution in [1.82, 2.24) is 9.88 Å². The van der Waals surface area contributed by atoms with Crippen molar-refractivity contribution in [3.8, 4) is 0 Å². The Balaban J connectivity index is 2.42. The highest BCUT2D eigenvalue weighted by Gasteiger charge is 2.27. The Morgan fingerprint density at radius 3 is 2.65 bits per heavy atom. The maximum Gasteiger partial charge on any atom is 0.405 e. The molecular weight excluding hydrogens is 257 g/mol. The number of thiazole rings is 1. The number of amides is 1. The predicted molar refractivity (Wildman–Crippen MR) is 57.0 cm³/mol. The molecule has 0 aromatic carbocycles. The first kappa shape index (κ1) is 13.8. The highest BCUT2D eigenvalue weighted by atomic mass is 32.1. The summed E-state index contributed by atoms with van der Waals surface area (Å²) in [5, 5.41) is 3.38. The fourth-order valence-electron chi connectivity index (χ4n) is 1.18. The van der Waals surface area contributed by atoms with E-state index in [9.17, 15) is 22.8 Å². The summed E-state index contributed by atoms with van der Waals surface area (Å²) < 4.78 is 36.7. The van der Waals surface area contributed by atoms with Gasteiger partial charge in [-0.2, -0.15) is 13.2 Å². The fraction of sp³-hybridized carbons (Fsp3) is 0.556. The van der Waals surface area contributed by atoms with Gasteiger partial charge in [0.1, 0.15) is 6.54 Å². The third kappa shape index (κ3) is 4.59. The molecule has 96 valence electrons. The topological polar surface area (TPSA) is 51.1 Å². The van der Waals surface area contributed by atoms with Gasteiger partial charge in [0.2, 0.25) is 5.91 Å². The molecule has 8 heteroatoms. The second kappa shape index (κ2) is 5.35. The molecule has 0 bridgehead atoms. The summed E-state index contributed by atoms with van der Waals surface area (Å²) in [6.45, 7) is 0.451. The van der Waals surface area contributed by atoms with E-state index in [1.54, 1.807) is 17.6 Å². The number of aryl methyl sites for hydroxylation is 1. The molecule has 0 aliphatic heterocycles. The van der Waals surface area contributed by atoms with E-state index in [0.717, 1.165) is 11.3 Å². The molecule has 0 spiro atoms. The van der Waals surface area contributed by atoms with Crippen molar-refractivity contribution in [3.05, 3.63) is 20.7 Å². The van der Waals surface area contributed by atoms with Crippen LogP contribution in [0.15, 0.2) is 10.2 Å². The molecule has 1 heterocycles. The number of rotatable bonds is 4. The molecule has 1 aromatic rings. The largest absolute Gasteiger partial charge is 0.405 e. The molecule has 1 rings (SSSR count). The Morgan fingerprint density at radius 2 is 2.18 bits per heavy atom. The van der Waals surface area contributed by atoms with Crippen molar-refractivity contribution in [2.24, 2.45) is 0 Å². The monoisotopic (exact) mass is 268 g/mol. The molecule has 0 unspecified atom stereocenters. The molecule has 1 amide bonds. The SMILES string of the molecule is Cc1csc(=O)n1CCC(=O)NCC(F)(F)F. The standard InChI is InChI=1S/C9H11F3N2O2S/c1-6-4-17-8(16)14(6)3-2-7(15)13-5-9(10,11)12/h4H,2-3,5H2,1H3,(H,13,15). The van der Waals surface area contributed by atoms with Crippen LogP contribution in [0.3, 0.4) is 0 Å². The molecule has 1 N–H and O–H groups in total. The van der Waals surface area contributed by atoms with Crippen LogP contribution in [0, 0.1) is 6.92 Å². The summed E-state index contributed by atoms with van der Waals surface area (Å²) in [5.41, 5.74) is 0.698. The fourth-order valence-corrected chi connectivity index (χ4v) is 1.94. The molecule has 17 heavy (non-hydrogen) atoms. The van der Waals surface area contributed by atoms with Crippen LogP contribution >= 0.6 is 11.3 Å². The second-order valence-corrected chi connectivity index (χ2v) is 4.26. The molecule has 0 radical (unpaired) electrons. The maximum absolute atomic E-state index is 11.8. The minimum absolute atomic E-state index is 0.0951. The van der Waals surface area contributed by atoms with Gasteiger partial charge in [0, 0.05) is 24.0 Å². The van der Waals surface area contributed by atoms with Gasteiger partial charge >= 0.3 is 11.0 Å². The molecule has 0 aliphatic rings. The van der Waals surface area contributed by atoms with Crippen LogP contribution in [0.5, 0.6) is 0 Å². The maximum atomic E-state index is 11.8. The third-order valence-electron chi connectivity index (χ3n) is 2.02. The van der Waals surface area contributed by atoms with Crippen LogP contribution in [0.2, 0.25) is 0 Å². The van der Waals surface area contributed by atoms with E-state index < -0.39 is 18.6 Å². The predicted octanol–water partition coefficient (Wildman–Crippen LogP) is 1.29. The Bertz CT molecular complexity index is 450. The number of hydrogen-bond acceptors (Lipinski definition) is 3. The zero-order chi connectivity index (χ0) is 13.1. The number of nitrogens with one attached hydrogen (secondary N) is 1. The number of alkyl halides is 3. The van der Waals surface area contributed by atoms with Gasteiger partial charge in [-0.25, -0.2) is 0 Å². The third-order valence-corrected chi connectivity index (χ3v) is 2.91. The van der Waals surface area contributed by atoms with E-state index in [-0.39, 0.29) is 17.8 Å². The van der Waals surface area contributed by atoms with E-state index in [1.165, 1.54) is 4.57 Å². The highest BCUT2D eigenvalue weighted by molar-refractivity contribution is 7.07. The van der Waals surface area contributed by atoms with E-state index >= 15 is 0 Å². The van der Waals surface area contributed by atoms with Gasteiger partial charge in [-0.3, -0.25) is 9.59 Å². The average molecular weight is 268 g/mol.